The molecule has 1 aromatic rings. The molecule has 5 heteroatoms. The molecular formula is C12H19ClN4. The van der Waals surface area contributed by atoms with Crippen molar-refractivity contribution in [1.82, 2.24) is 14.9 Å². The zero-order valence-corrected chi connectivity index (χ0v) is 11.0. The van der Waals surface area contributed by atoms with Crippen molar-refractivity contribution in [2.45, 2.75) is 32.2 Å². The van der Waals surface area contributed by atoms with Gasteiger partial charge in [-0.25, -0.2) is 4.98 Å². The van der Waals surface area contributed by atoms with Gasteiger partial charge in [-0.3, -0.25) is 4.98 Å². The van der Waals surface area contributed by atoms with E-state index >= 15 is 0 Å². The van der Waals surface area contributed by atoms with Gasteiger partial charge in [-0.1, -0.05) is 18.0 Å². The van der Waals surface area contributed by atoms with E-state index in [1.54, 1.807) is 12.4 Å². The molecule has 1 N–H and O–H groups in total. The van der Waals surface area contributed by atoms with Crippen LogP contribution in [0.3, 0.4) is 0 Å². The van der Waals surface area contributed by atoms with Gasteiger partial charge >= 0.3 is 0 Å². The Labute approximate surface area is 107 Å². The maximum absolute atomic E-state index is 5.80. The second-order valence-corrected chi connectivity index (χ2v) is 5.02. The Morgan fingerprint density at radius 2 is 2.12 bits per heavy atom. The van der Waals surface area contributed by atoms with Crippen molar-refractivity contribution in [2.75, 3.05) is 25.0 Å². The largest absolute Gasteiger partial charge is 0.365 e. The van der Waals surface area contributed by atoms with Gasteiger partial charge in [0, 0.05) is 12.6 Å². The Balaban J connectivity index is 1.82. The van der Waals surface area contributed by atoms with Crippen LogP contribution in [0.2, 0.25) is 5.15 Å². The normalized spacial score (nSPS) is 18.9. The molecule has 0 spiro atoms. The van der Waals surface area contributed by atoms with E-state index in [9.17, 15) is 0 Å². The van der Waals surface area contributed by atoms with Crippen molar-refractivity contribution in [3.63, 3.8) is 0 Å². The van der Waals surface area contributed by atoms with Crippen molar-refractivity contribution in [1.29, 1.82) is 0 Å². The summed E-state index contributed by atoms with van der Waals surface area (Å²) in [6.45, 7) is 5.64. The van der Waals surface area contributed by atoms with Crippen LogP contribution in [0.1, 0.15) is 26.2 Å². The molecule has 1 aliphatic rings. The molecule has 1 atom stereocenters. The fourth-order valence-electron chi connectivity index (χ4n) is 2.24. The molecule has 94 valence electrons. The number of likely N-dealkylation sites (tertiary alicyclic amines) is 1. The van der Waals surface area contributed by atoms with Crippen molar-refractivity contribution >= 4 is 17.4 Å². The molecule has 1 aliphatic heterocycles. The Kier molecular flexibility index (Phi) is 4.57. The van der Waals surface area contributed by atoms with Gasteiger partial charge in [-0.2, -0.15) is 0 Å². The Hall–Kier alpha value is -0.870. The first-order valence-electron chi connectivity index (χ1n) is 6.20. The van der Waals surface area contributed by atoms with Gasteiger partial charge in [0.2, 0.25) is 0 Å². The number of nitrogens with one attached hydrogen (secondary N) is 1. The fourth-order valence-corrected chi connectivity index (χ4v) is 2.39. The van der Waals surface area contributed by atoms with Crippen LogP contribution in [0.15, 0.2) is 12.4 Å². The van der Waals surface area contributed by atoms with Gasteiger partial charge in [0.25, 0.3) is 0 Å². The topological polar surface area (TPSA) is 41.0 Å². The molecule has 0 aromatic carbocycles. The monoisotopic (exact) mass is 254 g/mol. The van der Waals surface area contributed by atoms with E-state index < -0.39 is 0 Å². The van der Waals surface area contributed by atoms with E-state index in [2.05, 4.69) is 27.1 Å². The predicted molar refractivity (Wildman–Crippen MR) is 70.4 cm³/mol. The maximum Gasteiger partial charge on any atom is 0.149 e. The van der Waals surface area contributed by atoms with Crippen molar-refractivity contribution in [3.8, 4) is 0 Å². The summed E-state index contributed by atoms with van der Waals surface area (Å²) < 4.78 is 0. The zero-order valence-electron chi connectivity index (χ0n) is 10.2. The van der Waals surface area contributed by atoms with Crippen molar-refractivity contribution < 1.29 is 0 Å². The second-order valence-electron chi connectivity index (χ2n) is 4.63. The molecule has 4 nitrogen and oxygen atoms in total. The predicted octanol–water partition coefficient (Wildman–Crippen LogP) is 2.42. The number of halogens is 1. The lowest BCUT2D eigenvalue weighted by Crippen LogP contribution is -2.38. The van der Waals surface area contributed by atoms with Crippen LogP contribution in [-0.4, -0.2) is 40.5 Å². The highest BCUT2D eigenvalue weighted by molar-refractivity contribution is 6.29. The number of hydrogen-bond acceptors (Lipinski definition) is 4. The quantitative estimate of drug-likeness (QED) is 0.896. The number of hydrogen-bond donors (Lipinski definition) is 1. The molecular weight excluding hydrogens is 236 g/mol. The van der Waals surface area contributed by atoms with Crippen molar-refractivity contribution in [2.24, 2.45) is 0 Å². The van der Waals surface area contributed by atoms with E-state index in [1.807, 2.05) is 0 Å². The number of aromatic nitrogens is 2. The van der Waals surface area contributed by atoms with Gasteiger partial charge in [-0.15, -0.1) is 0 Å². The number of nitrogens with zero attached hydrogens (tertiary/aromatic N) is 3. The summed E-state index contributed by atoms with van der Waals surface area (Å²) in [6.07, 6.45) is 7.27. The molecule has 0 saturated carbocycles. The Morgan fingerprint density at radius 3 is 2.82 bits per heavy atom. The highest BCUT2D eigenvalue weighted by Gasteiger charge is 2.13. The van der Waals surface area contributed by atoms with E-state index in [1.165, 1.54) is 32.4 Å². The average Bonchev–Trinajstić information content (AvgIpc) is 2.30. The zero-order chi connectivity index (χ0) is 12.1. The summed E-state index contributed by atoms with van der Waals surface area (Å²) in [6, 6.07) is 0.362. The standard InChI is InChI=1S/C12H19ClN4/c1-10(9-17-5-3-2-4-6-17)15-12-8-14-7-11(13)16-12/h7-8,10H,2-6,9H2,1H3,(H,15,16). The molecule has 0 bridgehead atoms. The van der Waals surface area contributed by atoms with Crippen LogP contribution in [0, 0.1) is 0 Å². The number of piperidine rings is 1. The number of anilines is 1. The molecule has 1 fully saturated rings. The summed E-state index contributed by atoms with van der Waals surface area (Å²) >= 11 is 5.80. The molecule has 1 aromatic heterocycles. The van der Waals surface area contributed by atoms with E-state index in [0.717, 1.165) is 12.4 Å². The Bertz CT molecular complexity index is 352. The third-order valence-electron chi connectivity index (χ3n) is 2.98. The first-order chi connectivity index (χ1) is 8.24. The maximum atomic E-state index is 5.80. The van der Waals surface area contributed by atoms with Crippen LogP contribution >= 0.6 is 11.6 Å². The smallest absolute Gasteiger partial charge is 0.149 e. The lowest BCUT2D eigenvalue weighted by Gasteiger charge is -2.29. The lowest BCUT2D eigenvalue weighted by molar-refractivity contribution is 0.223. The molecule has 0 radical (unpaired) electrons. The average molecular weight is 255 g/mol. The van der Waals surface area contributed by atoms with Crippen LogP contribution in [0.25, 0.3) is 0 Å². The molecule has 0 aliphatic carbocycles. The minimum absolute atomic E-state index is 0.362. The van der Waals surface area contributed by atoms with Crippen molar-refractivity contribution in [3.05, 3.63) is 17.5 Å². The third kappa shape index (κ3) is 4.13. The molecule has 1 saturated heterocycles. The van der Waals surface area contributed by atoms with Gasteiger partial charge < -0.3 is 10.2 Å². The number of rotatable bonds is 4. The first kappa shape index (κ1) is 12.6. The molecule has 2 rings (SSSR count). The molecule has 17 heavy (non-hydrogen) atoms. The first-order valence-corrected chi connectivity index (χ1v) is 6.58. The second kappa shape index (κ2) is 6.17. The van der Waals surface area contributed by atoms with Gasteiger partial charge in [0.15, 0.2) is 0 Å². The van der Waals surface area contributed by atoms with E-state index in [0.29, 0.717) is 11.2 Å². The molecule has 1 unspecified atom stereocenters. The summed E-state index contributed by atoms with van der Waals surface area (Å²) in [7, 11) is 0. The van der Waals surface area contributed by atoms with E-state index in [-0.39, 0.29) is 0 Å². The van der Waals surface area contributed by atoms with Gasteiger partial charge in [0.05, 0.1) is 12.4 Å². The molecule has 2 heterocycles. The summed E-state index contributed by atoms with van der Waals surface area (Å²) in [5.41, 5.74) is 0. The minimum Gasteiger partial charge on any atom is -0.365 e. The van der Waals surface area contributed by atoms with E-state index in [4.69, 9.17) is 11.6 Å². The minimum atomic E-state index is 0.362. The van der Waals surface area contributed by atoms with Gasteiger partial charge in [-0.05, 0) is 32.9 Å². The van der Waals surface area contributed by atoms with Gasteiger partial charge in [0.1, 0.15) is 11.0 Å². The highest BCUT2D eigenvalue weighted by Crippen LogP contribution is 2.11. The SMILES string of the molecule is CC(CN1CCCCC1)Nc1cncc(Cl)n1. The summed E-state index contributed by atoms with van der Waals surface area (Å²) in [4.78, 5) is 10.7. The summed E-state index contributed by atoms with van der Waals surface area (Å²) in [5, 5.41) is 3.76. The van der Waals surface area contributed by atoms with Crippen LogP contribution in [0.5, 0.6) is 0 Å². The highest BCUT2D eigenvalue weighted by atomic mass is 35.5. The molecule has 0 amide bonds. The lowest BCUT2D eigenvalue weighted by atomic mass is 10.1. The van der Waals surface area contributed by atoms with Crippen LogP contribution in [-0.2, 0) is 0 Å². The Morgan fingerprint density at radius 1 is 1.35 bits per heavy atom. The third-order valence-corrected chi connectivity index (χ3v) is 3.16. The fraction of sp³-hybridized carbons (Fsp3) is 0.667. The summed E-state index contributed by atoms with van der Waals surface area (Å²) in [5.74, 6) is 0.752. The van der Waals surface area contributed by atoms with Crippen LogP contribution in [0.4, 0.5) is 5.82 Å². The van der Waals surface area contributed by atoms with Crippen LogP contribution < -0.4 is 5.32 Å².